The molecule has 1 nitrogen and oxygen atoms in total. The van der Waals surface area contributed by atoms with Gasteiger partial charge in [0.1, 0.15) is 0 Å². The minimum Gasteiger partial charge on any atom is -0.309 e. The molecule has 1 saturated carbocycles. The molecule has 112 valence electrons. The first-order valence-electron chi connectivity index (χ1n) is 8.47. The van der Waals surface area contributed by atoms with E-state index in [1.165, 1.54) is 37.7 Å². The van der Waals surface area contributed by atoms with Crippen molar-refractivity contribution in [2.45, 2.75) is 58.9 Å². The van der Waals surface area contributed by atoms with Crippen molar-refractivity contribution < 1.29 is 0 Å². The van der Waals surface area contributed by atoms with Gasteiger partial charge in [0.2, 0.25) is 0 Å². The van der Waals surface area contributed by atoms with E-state index >= 15 is 0 Å². The van der Waals surface area contributed by atoms with E-state index in [-0.39, 0.29) is 0 Å². The molecule has 0 radical (unpaired) electrons. The first kappa shape index (κ1) is 15.6. The van der Waals surface area contributed by atoms with Gasteiger partial charge in [-0.1, -0.05) is 70.4 Å². The van der Waals surface area contributed by atoms with Crippen molar-refractivity contribution in [3.05, 3.63) is 35.9 Å². The summed E-state index contributed by atoms with van der Waals surface area (Å²) in [5.41, 5.74) is 1.48. The molecule has 2 atom stereocenters. The Labute approximate surface area is 125 Å². The van der Waals surface area contributed by atoms with Crippen molar-refractivity contribution in [2.75, 3.05) is 6.54 Å². The molecule has 1 aromatic rings. The van der Waals surface area contributed by atoms with Gasteiger partial charge in [-0.25, -0.2) is 0 Å². The molecule has 2 unspecified atom stereocenters. The molecule has 2 rings (SSSR count). The zero-order chi connectivity index (χ0) is 14.4. The van der Waals surface area contributed by atoms with Crippen molar-refractivity contribution in [1.29, 1.82) is 0 Å². The molecule has 0 spiro atoms. The second-order valence-corrected chi connectivity index (χ2v) is 6.92. The lowest BCUT2D eigenvalue weighted by Crippen LogP contribution is -2.33. The van der Waals surface area contributed by atoms with E-state index in [4.69, 9.17) is 0 Å². The summed E-state index contributed by atoms with van der Waals surface area (Å²) in [5, 5.41) is 3.89. The highest BCUT2D eigenvalue weighted by atomic mass is 14.9. The summed E-state index contributed by atoms with van der Waals surface area (Å²) in [7, 11) is 0. The third-order valence-corrected chi connectivity index (χ3v) is 5.08. The lowest BCUT2D eigenvalue weighted by molar-refractivity contribution is 0.254. The number of benzene rings is 1. The van der Waals surface area contributed by atoms with Crippen LogP contribution in [-0.2, 0) is 0 Å². The maximum Gasteiger partial charge on any atom is 0.0348 e. The number of hydrogen-bond acceptors (Lipinski definition) is 1. The van der Waals surface area contributed by atoms with E-state index in [0.29, 0.717) is 6.04 Å². The molecule has 1 N–H and O–H groups in total. The minimum atomic E-state index is 0.553. The Kier molecular flexibility index (Phi) is 6.09. The summed E-state index contributed by atoms with van der Waals surface area (Å²) < 4.78 is 0. The van der Waals surface area contributed by atoms with Crippen LogP contribution in [0.15, 0.2) is 30.3 Å². The van der Waals surface area contributed by atoms with Crippen LogP contribution in [0.1, 0.15) is 64.5 Å². The van der Waals surface area contributed by atoms with E-state index in [1.54, 1.807) is 0 Å². The Morgan fingerprint density at radius 1 is 1.00 bits per heavy atom. The Hall–Kier alpha value is -0.820. The Morgan fingerprint density at radius 2 is 1.65 bits per heavy atom. The first-order chi connectivity index (χ1) is 9.68. The molecule has 0 aromatic heterocycles. The van der Waals surface area contributed by atoms with Crippen molar-refractivity contribution in [1.82, 2.24) is 5.32 Å². The smallest absolute Gasteiger partial charge is 0.0348 e. The quantitative estimate of drug-likeness (QED) is 0.752. The third-order valence-electron chi connectivity index (χ3n) is 5.08. The van der Waals surface area contributed by atoms with Gasteiger partial charge in [0.25, 0.3) is 0 Å². The molecular formula is C19H31N. The average molecular weight is 273 g/mol. The fourth-order valence-corrected chi connectivity index (χ4v) is 3.23. The van der Waals surface area contributed by atoms with Crippen LogP contribution < -0.4 is 5.32 Å². The third kappa shape index (κ3) is 4.34. The van der Waals surface area contributed by atoms with Gasteiger partial charge in [0.15, 0.2) is 0 Å². The van der Waals surface area contributed by atoms with Gasteiger partial charge < -0.3 is 5.32 Å². The molecule has 0 bridgehead atoms. The molecule has 0 aliphatic heterocycles. The molecule has 0 heterocycles. The second-order valence-electron chi connectivity index (χ2n) is 6.92. The molecule has 0 amide bonds. The lowest BCUT2D eigenvalue weighted by Gasteiger charge is -2.33. The van der Waals surface area contributed by atoms with E-state index in [9.17, 15) is 0 Å². The van der Waals surface area contributed by atoms with E-state index in [0.717, 1.165) is 24.3 Å². The van der Waals surface area contributed by atoms with Gasteiger partial charge in [-0.15, -0.1) is 0 Å². The Balaban J connectivity index is 2.03. The zero-order valence-electron chi connectivity index (χ0n) is 13.4. The predicted octanol–water partition coefficient (Wildman–Crippen LogP) is 5.19. The highest BCUT2D eigenvalue weighted by molar-refractivity contribution is 5.20. The highest BCUT2D eigenvalue weighted by Gasteiger charge is 2.25. The SMILES string of the molecule is CC(C)C(C)CNC(c1ccccc1)C1CCCCC1. The Morgan fingerprint density at radius 3 is 2.25 bits per heavy atom. The topological polar surface area (TPSA) is 12.0 Å². The number of rotatable bonds is 6. The zero-order valence-corrected chi connectivity index (χ0v) is 13.4. The van der Waals surface area contributed by atoms with Gasteiger partial charge in [-0.2, -0.15) is 0 Å². The highest BCUT2D eigenvalue weighted by Crippen LogP contribution is 2.34. The largest absolute Gasteiger partial charge is 0.309 e. The molecule has 20 heavy (non-hydrogen) atoms. The summed E-state index contributed by atoms with van der Waals surface area (Å²) in [6.07, 6.45) is 7.04. The predicted molar refractivity (Wildman–Crippen MR) is 87.8 cm³/mol. The fraction of sp³-hybridized carbons (Fsp3) is 0.684. The van der Waals surface area contributed by atoms with Crippen molar-refractivity contribution >= 4 is 0 Å². The van der Waals surface area contributed by atoms with Crippen LogP contribution in [0.3, 0.4) is 0 Å². The Bertz CT molecular complexity index is 365. The van der Waals surface area contributed by atoms with Crippen molar-refractivity contribution in [3.8, 4) is 0 Å². The van der Waals surface area contributed by atoms with Gasteiger partial charge in [-0.3, -0.25) is 0 Å². The van der Waals surface area contributed by atoms with Crippen molar-refractivity contribution in [2.24, 2.45) is 17.8 Å². The van der Waals surface area contributed by atoms with Crippen LogP contribution in [0, 0.1) is 17.8 Å². The monoisotopic (exact) mass is 273 g/mol. The number of hydrogen-bond donors (Lipinski definition) is 1. The van der Waals surface area contributed by atoms with E-state index in [2.05, 4.69) is 56.4 Å². The maximum atomic E-state index is 3.89. The molecule has 1 aliphatic rings. The summed E-state index contributed by atoms with van der Waals surface area (Å²) >= 11 is 0. The second kappa shape index (κ2) is 7.83. The standard InChI is InChI=1S/C19H31N/c1-15(2)16(3)14-20-19(17-10-6-4-7-11-17)18-12-8-5-9-13-18/h4,6-7,10-11,15-16,18-20H,5,8-9,12-14H2,1-3H3. The lowest BCUT2D eigenvalue weighted by atomic mass is 9.81. The van der Waals surface area contributed by atoms with Gasteiger partial charge in [0, 0.05) is 6.04 Å². The van der Waals surface area contributed by atoms with Crippen LogP contribution in [-0.4, -0.2) is 6.54 Å². The summed E-state index contributed by atoms with van der Waals surface area (Å²) in [5.74, 6) is 2.32. The van der Waals surface area contributed by atoms with Gasteiger partial charge >= 0.3 is 0 Å². The summed E-state index contributed by atoms with van der Waals surface area (Å²) in [4.78, 5) is 0. The molecule has 0 saturated heterocycles. The van der Waals surface area contributed by atoms with E-state index in [1.807, 2.05) is 0 Å². The fourth-order valence-electron chi connectivity index (χ4n) is 3.23. The van der Waals surface area contributed by atoms with Crippen LogP contribution in [0.2, 0.25) is 0 Å². The molecule has 1 heteroatoms. The number of nitrogens with one attached hydrogen (secondary N) is 1. The van der Waals surface area contributed by atoms with Crippen LogP contribution >= 0.6 is 0 Å². The molecular weight excluding hydrogens is 242 g/mol. The van der Waals surface area contributed by atoms with Gasteiger partial charge in [-0.05, 0) is 42.7 Å². The summed E-state index contributed by atoms with van der Waals surface area (Å²) in [6.45, 7) is 8.14. The van der Waals surface area contributed by atoms with Crippen LogP contribution in [0.25, 0.3) is 0 Å². The maximum absolute atomic E-state index is 3.89. The molecule has 1 aliphatic carbocycles. The first-order valence-corrected chi connectivity index (χ1v) is 8.47. The molecule has 1 aromatic carbocycles. The van der Waals surface area contributed by atoms with Gasteiger partial charge in [0.05, 0.1) is 0 Å². The minimum absolute atomic E-state index is 0.553. The molecule has 1 fully saturated rings. The van der Waals surface area contributed by atoms with Crippen LogP contribution in [0.5, 0.6) is 0 Å². The van der Waals surface area contributed by atoms with Crippen molar-refractivity contribution in [3.63, 3.8) is 0 Å². The summed E-state index contributed by atoms with van der Waals surface area (Å²) in [6, 6.07) is 11.6. The normalized spacial score (nSPS) is 20.0. The van der Waals surface area contributed by atoms with Crippen LogP contribution in [0.4, 0.5) is 0 Å². The average Bonchev–Trinajstić information content (AvgIpc) is 2.49. The van der Waals surface area contributed by atoms with E-state index < -0.39 is 0 Å².